The smallest absolute Gasteiger partial charge is 0.206 e. The number of phenols is 1. The Kier molecular flexibility index (Phi) is 7.26. The third-order valence-corrected chi connectivity index (χ3v) is 6.27. The molecule has 8 heteroatoms. The summed E-state index contributed by atoms with van der Waals surface area (Å²) in [6, 6.07) is 21.6. The first-order chi connectivity index (χ1) is 16.1. The molecular weight excluding hydrogens is 502 g/mol. The molecule has 33 heavy (non-hydrogen) atoms. The molecule has 6 nitrogen and oxygen atoms in total. The van der Waals surface area contributed by atoms with Gasteiger partial charge in [0.15, 0.2) is 11.5 Å². The molecule has 0 aliphatic rings. The van der Waals surface area contributed by atoms with E-state index in [4.69, 9.17) is 19.6 Å². The number of phenolic OH excluding ortho intramolecular Hbond substituents is 1. The zero-order valence-electron chi connectivity index (χ0n) is 18.1. The van der Waals surface area contributed by atoms with Gasteiger partial charge in [0.2, 0.25) is 10.6 Å². The Morgan fingerprint density at radius 1 is 1.00 bits per heavy atom. The molecule has 0 atom stereocenters. The molecule has 1 aromatic heterocycles. The summed E-state index contributed by atoms with van der Waals surface area (Å²) in [5.41, 5.74) is 3.79. The summed E-state index contributed by atoms with van der Waals surface area (Å²) in [7, 11) is 2.99. The van der Waals surface area contributed by atoms with Gasteiger partial charge in [-0.25, -0.2) is 4.68 Å². The average Bonchev–Trinajstić information content (AvgIpc) is 3.25. The summed E-state index contributed by atoms with van der Waals surface area (Å²) in [5, 5.41) is 17.0. The highest BCUT2D eigenvalue weighted by Crippen LogP contribution is 2.36. The maximum atomic E-state index is 10.2. The molecule has 0 aliphatic carbocycles. The van der Waals surface area contributed by atoms with Crippen LogP contribution in [0.5, 0.6) is 17.2 Å². The van der Waals surface area contributed by atoms with Crippen LogP contribution in [0, 0.1) is 0 Å². The maximum absolute atomic E-state index is 10.2. The SMILES string of the molecule is COc1cc(C=Nn2c(-c3ccc(Br)cc3)csc2=NCc2ccccc2)cc(OC)c1O. The number of ether oxygens (including phenoxy) is 2. The van der Waals surface area contributed by atoms with Crippen molar-refractivity contribution >= 4 is 33.5 Å². The van der Waals surface area contributed by atoms with Gasteiger partial charge >= 0.3 is 0 Å². The number of methoxy groups -OCH3 is 2. The van der Waals surface area contributed by atoms with Gasteiger partial charge in [-0.1, -0.05) is 58.4 Å². The van der Waals surface area contributed by atoms with Crippen LogP contribution in [0.4, 0.5) is 0 Å². The number of rotatable bonds is 7. The molecule has 0 radical (unpaired) electrons. The van der Waals surface area contributed by atoms with E-state index in [9.17, 15) is 5.11 Å². The number of thiazole rings is 1. The highest BCUT2D eigenvalue weighted by molar-refractivity contribution is 9.10. The van der Waals surface area contributed by atoms with Gasteiger partial charge in [-0.3, -0.25) is 4.99 Å². The van der Waals surface area contributed by atoms with Crippen molar-refractivity contribution in [2.75, 3.05) is 14.2 Å². The van der Waals surface area contributed by atoms with E-state index < -0.39 is 0 Å². The molecule has 1 heterocycles. The monoisotopic (exact) mass is 523 g/mol. The van der Waals surface area contributed by atoms with E-state index in [0.717, 1.165) is 31.7 Å². The second-order valence-electron chi connectivity index (χ2n) is 7.04. The minimum absolute atomic E-state index is 0.0468. The summed E-state index contributed by atoms with van der Waals surface area (Å²) < 4.78 is 13.4. The molecule has 0 bridgehead atoms. The minimum Gasteiger partial charge on any atom is -0.502 e. The van der Waals surface area contributed by atoms with Crippen LogP contribution >= 0.6 is 27.3 Å². The molecule has 168 valence electrons. The number of aromatic nitrogens is 1. The molecule has 4 rings (SSSR count). The van der Waals surface area contributed by atoms with Crippen LogP contribution in [0.25, 0.3) is 11.3 Å². The van der Waals surface area contributed by atoms with Crippen molar-refractivity contribution in [3.8, 4) is 28.5 Å². The Morgan fingerprint density at radius 3 is 2.30 bits per heavy atom. The van der Waals surface area contributed by atoms with Crippen molar-refractivity contribution in [1.82, 2.24) is 4.68 Å². The Labute approximate surface area is 204 Å². The highest BCUT2D eigenvalue weighted by atomic mass is 79.9. The van der Waals surface area contributed by atoms with E-state index in [1.165, 1.54) is 25.6 Å². The van der Waals surface area contributed by atoms with Crippen LogP contribution in [-0.4, -0.2) is 30.2 Å². The van der Waals surface area contributed by atoms with Crippen LogP contribution in [0.15, 0.2) is 86.7 Å². The summed E-state index contributed by atoms with van der Waals surface area (Å²) in [6.07, 6.45) is 1.70. The lowest BCUT2D eigenvalue weighted by molar-refractivity contribution is 0.340. The van der Waals surface area contributed by atoms with E-state index >= 15 is 0 Å². The molecule has 0 unspecified atom stereocenters. The highest BCUT2D eigenvalue weighted by Gasteiger charge is 2.11. The molecule has 0 saturated carbocycles. The lowest BCUT2D eigenvalue weighted by atomic mass is 10.2. The molecule has 0 saturated heterocycles. The molecule has 0 spiro atoms. The van der Waals surface area contributed by atoms with Crippen molar-refractivity contribution in [2.24, 2.45) is 10.1 Å². The van der Waals surface area contributed by atoms with E-state index in [2.05, 4.69) is 28.1 Å². The number of nitrogens with zero attached hydrogens (tertiary/aromatic N) is 3. The van der Waals surface area contributed by atoms with Gasteiger partial charge in [-0.05, 0) is 29.8 Å². The van der Waals surface area contributed by atoms with Gasteiger partial charge in [-0.15, -0.1) is 11.3 Å². The third-order valence-electron chi connectivity index (χ3n) is 4.89. The maximum Gasteiger partial charge on any atom is 0.206 e. The van der Waals surface area contributed by atoms with Crippen LogP contribution in [-0.2, 0) is 6.54 Å². The molecule has 1 N–H and O–H groups in total. The quantitative estimate of drug-likeness (QED) is 0.316. The summed E-state index contributed by atoms with van der Waals surface area (Å²) in [6.45, 7) is 0.553. The summed E-state index contributed by atoms with van der Waals surface area (Å²) in [4.78, 5) is 5.57. The van der Waals surface area contributed by atoms with Crippen LogP contribution in [0.2, 0.25) is 0 Å². The fourth-order valence-electron chi connectivity index (χ4n) is 3.19. The molecule has 3 aromatic carbocycles. The predicted octanol–water partition coefficient (Wildman–Crippen LogP) is 5.69. The normalized spacial score (nSPS) is 11.8. The Hall–Kier alpha value is -3.36. The summed E-state index contributed by atoms with van der Waals surface area (Å²) >= 11 is 5.02. The van der Waals surface area contributed by atoms with Crippen LogP contribution < -0.4 is 14.3 Å². The third kappa shape index (κ3) is 5.35. The number of hydrogen-bond donors (Lipinski definition) is 1. The molecule has 0 fully saturated rings. The lowest BCUT2D eigenvalue weighted by Crippen LogP contribution is -2.12. The van der Waals surface area contributed by atoms with Crippen LogP contribution in [0.3, 0.4) is 0 Å². The Balaban J connectivity index is 1.78. The minimum atomic E-state index is -0.0468. The van der Waals surface area contributed by atoms with Gasteiger partial charge in [0, 0.05) is 21.0 Å². The van der Waals surface area contributed by atoms with Gasteiger partial charge in [-0.2, -0.15) is 5.10 Å². The second-order valence-corrected chi connectivity index (χ2v) is 8.79. The van der Waals surface area contributed by atoms with Crippen molar-refractivity contribution < 1.29 is 14.6 Å². The van der Waals surface area contributed by atoms with Crippen molar-refractivity contribution in [2.45, 2.75) is 6.54 Å². The number of aromatic hydroxyl groups is 1. The molecule has 0 aliphatic heterocycles. The largest absolute Gasteiger partial charge is 0.502 e. The van der Waals surface area contributed by atoms with E-state index in [1.54, 1.807) is 18.3 Å². The summed E-state index contributed by atoms with van der Waals surface area (Å²) in [5.74, 6) is 0.580. The number of benzene rings is 3. The first-order valence-electron chi connectivity index (χ1n) is 10.1. The van der Waals surface area contributed by atoms with Gasteiger partial charge in [0.05, 0.1) is 32.7 Å². The van der Waals surface area contributed by atoms with Gasteiger partial charge in [0.25, 0.3) is 0 Å². The topological polar surface area (TPSA) is 68.3 Å². The van der Waals surface area contributed by atoms with E-state index in [-0.39, 0.29) is 5.75 Å². The lowest BCUT2D eigenvalue weighted by Gasteiger charge is -2.09. The average molecular weight is 524 g/mol. The number of halogens is 1. The zero-order chi connectivity index (χ0) is 23.2. The van der Waals surface area contributed by atoms with Crippen LogP contribution in [0.1, 0.15) is 11.1 Å². The Morgan fingerprint density at radius 2 is 1.67 bits per heavy atom. The predicted molar refractivity (Wildman–Crippen MR) is 135 cm³/mol. The van der Waals surface area contributed by atoms with E-state index in [1.807, 2.05) is 52.5 Å². The van der Waals surface area contributed by atoms with Crippen molar-refractivity contribution in [3.63, 3.8) is 0 Å². The fourth-order valence-corrected chi connectivity index (χ4v) is 4.29. The second kappa shape index (κ2) is 10.5. The van der Waals surface area contributed by atoms with Crippen molar-refractivity contribution in [3.05, 3.63) is 92.5 Å². The molecule has 0 amide bonds. The number of hydrogen-bond acceptors (Lipinski definition) is 6. The molecular formula is C25H22BrN3O3S. The first-order valence-corrected chi connectivity index (χ1v) is 11.8. The van der Waals surface area contributed by atoms with Gasteiger partial charge in [0.1, 0.15) is 0 Å². The van der Waals surface area contributed by atoms with Gasteiger partial charge < -0.3 is 14.6 Å². The Bertz CT molecular complexity index is 1300. The van der Waals surface area contributed by atoms with E-state index in [0.29, 0.717) is 18.0 Å². The standard InChI is InChI=1S/C25H22BrN3O3S/c1-31-22-12-18(13-23(32-2)24(22)30)15-28-29-21(19-8-10-20(26)11-9-19)16-33-25(29)27-14-17-6-4-3-5-7-17/h3-13,15-16,30H,14H2,1-2H3. The zero-order valence-corrected chi connectivity index (χ0v) is 20.5. The molecule has 4 aromatic rings. The fraction of sp³-hybridized carbons (Fsp3) is 0.120. The first kappa shape index (κ1) is 22.8. The van der Waals surface area contributed by atoms with Crippen molar-refractivity contribution in [1.29, 1.82) is 0 Å².